The number of piperazine rings is 1. The quantitative estimate of drug-likeness (QED) is 0.707. The molecule has 23 heavy (non-hydrogen) atoms. The van der Waals surface area contributed by atoms with Gasteiger partial charge in [0.25, 0.3) is 0 Å². The molecule has 0 unspecified atom stereocenters. The van der Waals surface area contributed by atoms with E-state index >= 15 is 0 Å². The summed E-state index contributed by atoms with van der Waals surface area (Å²) in [6.45, 7) is 11.0. The molecule has 0 atom stereocenters. The molecule has 2 rings (SSSR count). The van der Waals surface area contributed by atoms with Crippen LogP contribution in [0.25, 0.3) is 0 Å². The average molecular weight is 404 g/mol. The van der Waals surface area contributed by atoms with Gasteiger partial charge >= 0.3 is 0 Å². The number of nitrogens with zero attached hydrogens (tertiary/aromatic N) is 2. The Hall–Kier alpha value is -0.470. The molecule has 1 aliphatic heterocycles. The van der Waals surface area contributed by atoms with E-state index in [2.05, 4.69) is 37.4 Å². The average Bonchev–Trinajstić information content (AvgIpc) is 2.54. The zero-order valence-corrected chi connectivity index (χ0v) is 16.3. The van der Waals surface area contributed by atoms with Gasteiger partial charge in [0.05, 0.1) is 4.90 Å². The number of sulfonamides is 1. The largest absolute Gasteiger partial charge is 0.301 e. The van der Waals surface area contributed by atoms with E-state index in [1.807, 2.05) is 6.92 Å². The fraction of sp³-hybridized carbons (Fsp3) is 0.625. The van der Waals surface area contributed by atoms with Gasteiger partial charge in [-0.15, -0.1) is 0 Å². The minimum absolute atomic E-state index is 0.328. The Bertz CT molecular complexity index is 614. The van der Waals surface area contributed by atoms with Crippen LogP contribution < -0.4 is 4.72 Å². The molecular weight excluding hydrogens is 378 g/mol. The van der Waals surface area contributed by atoms with Crippen molar-refractivity contribution in [3.63, 3.8) is 0 Å². The minimum atomic E-state index is -3.41. The molecule has 0 aliphatic carbocycles. The van der Waals surface area contributed by atoms with Gasteiger partial charge in [-0.3, -0.25) is 0 Å². The molecule has 1 fully saturated rings. The lowest BCUT2D eigenvalue weighted by Gasteiger charge is -2.33. The van der Waals surface area contributed by atoms with E-state index in [0.29, 0.717) is 11.4 Å². The van der Waals surface area contributed by atoms with Crippen molar-refractivity contribution in [2.45, 2.75) is 25.2 Å². The minimum Gasteiger partial charge on any atom is -0.301 e. The van der Waals surface area contributed by atoms with Crippen LogP contribution in [0.5, 0.6) is 0 Å². The maximum atomic E-state index is 12.3. The van der Waals surface area contributed by atoms with Crippen molar-refractivity contribution >= 4 is 26.0 Å². The summed E-state index contributed by atoms with van der Waals surface area (Å²) in [7, 11) is -3.41. The van der Waals surface area contributed by atoms with E-state index in [-0.39, 0.29) is 0 Å². The van der Waals surface area contributed by atoms with Gasteiger partial charge in [-0.05, 0) is 50.2 Å². The molecule has 5 nitrogen and oxygen atoms in total. The van der Waals surface area contributed by atoms with Crippen LogP contribution in [-0.4, -0.2) is 64.0 Å². The van der Waals surface area contributed by atoms with E-state index < -0.39 is 10.0 Å². The van der Waals surface area contributed by atoms with Crippen molar-refractivity contribution in [2.24, 2.45) is 0 Å². The number of nitrogens with one attached hydrogen (secondary N) is 1. The number of hydrogen-bond donors (Lipinski definition) is 1. The van der Waals surface area contributed by atoms with Crippen molar-refractivity contribution in [2.75, 3.05) is 45.8 Å². The third-order valence-electron chi connectivity index (χ3n) is 4.30. The molecule has 130 valence electrons. The Kier molecular flexibility index (Phi) is 7.03. The second-order valence-electron chi connectivity index (χ2n) is 5.94. The van der Waals surface area contributed by atoms with Crippen LogP contribution in [0, 0.1) is 6.92 Å². The van der Waals surface area contributed by atoms with E-state index in [1.54, 1.807) is 18.2 Å². The molecule has 0 spiro atoms. The highest BCUT2D eigenvalue weighted by molar-refractivity contribution is 9.10. The lowest BCUT2D eigenvalue weighted by Crippen LogP contribution is -2.46. The maximum absolute atomic E-state index is 12.3. The molecule has 7 heteroatoms. The third-order valence-corrected chi connectivity index (χ3v) is 6.64. The first-order chi connectivity index (χ1) is 10.9. The van der Waals surface area contributed by atoms with E-state index in [1.165, 1.54) is 0 Å². The second-order valence-corrected chi connectivity index (χ2v) is 8.56. The molecule has 1 N–H and O–H groups in total. The Balaban J connectivity index is 1.76. The topological polar surface area (TPSA) is 52.6 Å². The first-order valence-electron chi connectivity index (χ1n) is 8.13. The van der Waals surface area contributed by atoms with Crippen LogP contribution in [0.1, 0.15) is 18.9 Å². The predicted octanol–water partition coefficient (Wildman–Crippen LogP) is 2.06. The zero-order chi connectivity index (χ0) is 16.9. The Labute approximate surface area is 148 Å². The van der Waals surface area contributed by atoms with Gasteiger partial charge in [0.2, 0.25) is 10.0 Å². The van der Waals surface area contributed by atoms with Crippen molar-refractivity contribution in [1.29, 1.82) is 0 Å². The molecule has 1 saturated heterocycles. The monoisotopic (exact) mass is 403 g/mol. The number of halogens is 1. The van der Waals surface area contributed by atoms with Crippen LogP contribution in [0.3, 0.4) is 0 Å². The van der Waals surface area contributed by atoms with Gasteiger partial charge in [0.15, 0.2) is 0 Å². The van der Waals surface area contributed by atoms with Crippen LogP contribution in [-0.2, 0) is 10.0 Å². The molecule has 0 bridgehead atoms. The lowest BCUT2D eigenvalue weighted by atomic mass is 10.2. The summed E-state index contributed by atoms with van der Waals surface area (Å²) in [5.74, 6) is 0. The summed E-state index contributed by atoms with van der Waals surface area (Å²) in [5, 5.41) is 0. The molecule has 1 heterocycles. The molecule has 1 aromatic rings. The molecule has 0 radical (unpaired) electrons. The predicted molar refractivity (Wildman–Crippen MR) is 97.2 cm³/mol. The zero-order valence-electron chi connectivity index (χ0n) is 13.9. The summed E-state index contributed by atoms with van der Waals surface area (Å²) < 4.78 is 28.2. The molecular formula is C16H26BrN3O2S. The highest BCUT2D eigenvalue weighted by Gasteiger charge is 2.16. The van der Waals surface area contributed by atoms with Crippen LogP contribution in [0.15, 0.2) is 27.6 Å². The standard InChI is InChI=1S/C16H26BrN3O2S/c1-3-19-9-11-20(12-10-19)8-4-7-18-23(21,22)15-5-6-16(17)14(2)13-15/h5-6,13,18H,3-4,7-12H2,1-2H3. The van der Waals surface area contributed by atoms with Gasteiger partial charge < -0.3 is 9.80 Å². The molecule has 0 amide bonds. The number of likely N-dealkylation sites (N-methyl/N-ethyl adjacent to an activating group) is 1. The van der Waals surface area contributed by atoms with Crippen LogP contribution in [0.2, 0.25) is 0 Å². The van der Waals surface area contributed by atoms with Gasteiger partial charge in [-0.2, -0.15) is 0 Å². The fourth-order valence-corrected chi connectivity index (χ4v) is 4.11. The van der Waals surface area contributed by atoms with Crippen molar-refractivity contribution in [3.05, 3.63) is 28.2 Å². The van der Waals surface area contributed by atoms with Gasteiger partial charge in [0.1, 0.15) is 0 Å². The SMILES string of the molecule is CCN1CCN(CCCNS(=O)(=O)c2ccc(Br)c(C)c2)CC1. The molecule has 0 aromatic heterocycles. The van der Waals surface area contributed by atoms with Crippen LogP contribution in [0.4, 0.5) is 0 Å². The van der Waals surface area contributed by atoms with E-state index in [4.69, 9.17) is 0 Å². The maximum Gasteiger partial charge on any atom is 0.240 e. The number of hydrogen-bond acceptors (Lipinski definition) is 4. The molecule has 1 aliphatic rings. The number of rotatable bonds is 7. The van der Waals surface area contributed by atoms with Crippen molar-refractivity contribution < 1.29 is 8.42 Å². The number of benzene rings is 1. The highest BCUT2D eigenvalue weighted by atomic mass is 79.9. The smallest absolute Gasteiger partial charge is 0.240 e. The summed E-state index contributed by atoms with van der Waals surface area (Å²) in [5.41, 5.74) is 0.918. The van der Waals surface area contributed by atoms with Gasteiger partial charge in [0, 0.05) is 37.2 Å². The van der Waals surface area contributed by atoms with E-state index in [9.17, 15) is 8.42 Å². The second kappa shape index (κ2) is 8.58. The van der Waals surface area contributed by atoms with Crippen molar-refractivity contribution in [3.8, 4) is 0 Å². The van der Waals surface area contributed by atoms with E-state index in [0.717, 1.165) is 55.7 Å². The lowest BCUT2D eigenvalue weighted by molar-refractivity contribution is 0.136. The highest BCUT2D eigenvalue weighted by Crippen LogP contribution is 2.19. The summed E-state index contributed by atoms with van der Waals surface area (Å²) in [4.78, 5) is 5.18. The Morgan fingerprint density at radius 3 is 2.43 bits per heavy atom. The van der Waals surface area contributed by atoms with Crippen molar-refractivity contribution in [1.82, 2.24) is 14.5 Å². The van der Waals surface area contributed by atoms with Gasteiger partial charge in [-0.25, -0.2) is 13.1 Å². The fourth-order valence-electron chi connectivity index (χ4n) is 2.71. The molecule has 0 saturated carbocycles. The third kappa shape index (κ3) is 5.53. The number of aryl methyl sites for hydroxylation is 1. The van der Waals surface area contributed by atoms with Crippen LogP contribution >= 0.6 is 15.9 Å². The molecule has 1 aromatic carbocycles. The Morgan fingerprint density at radius 2 is 1.83 bits per heavy atom. The normalized spacial score (nSPS) is 17.5. The summed E-state index contributed by atoms with van der Waals surface area (Å²) >= 11 is 3.39. The first kappa shape index (κ1) is 18.9. The first-order valence-corrected chi connectivity index (χ1v) is 10.4. The van der Waals surface area contributed by atoms with Gasteiger partial charge in [-0.1, -0.05) is 22.9 Å². The summed E-state index contributed by atoms with van der Waals surface area (Å²) in [6.07, 6.45) is 0.834. The Morgan fingerprint density at radius 1 is 1.17 bits per heavy atom. The summed E-state index contributed by atoms with van der Waals surface area (Å²) in [6, 6.07) is 5.09.